The first kappa shape index (κ1) is 12.2. The normalized spacial score (nSPS) is 9.14. The third kappa shape index (κ3) is 8.31. The van der Waals surface area contributed by atoms with E-state index in [1.807, 2.05) is 0 Å². The molecule has 0 aliphatic heterocycles. The Kier molecular flexibility index (Phi) is 5.84. The maximum absolute atomic E-state index is 10.9. The molecule has 7 nitrogen and oxygen atoms in total. The Morgan fingerprint density at radius 1 is 1.36 bits per heavy atom. The Morgan fingerprint density at radius 3 is 2.50 bits per heavy atom. The smallest absolute Gasteiger partial charge is 0.303 e. The molecule has 0 spiro atoms. The highest BCUT2D eigenvalue weighted by Gasteiger charge is 2.01. The van der Waals surface area contributed by atoms with E-state index >= 15 is 0 Å². The number of amides is 1. The van der Waals surface area contributed by atoms with Gasteiger partial charge in [0.05, 0.1) is 6.54 Å². The zero-order chi connectivity index (χ0) is 11.0. The second-order valence-electron chi connectivity index (χ2n) is 2.61. The minimum Gasteiger partial charge on any atom is -0.481 e. The number of hydrogen-bond donors (Lipinski definition) is 5. The molecule has 0 fully saturated rings. The van der Waals surface area contributed by atoms with Gasteiger partial charge in [-0.3, -0.25) is 15.0 Å². The molecule has 14 heavy (non-hydrogen) atoms. The van der Waals surface area contributed by atoms with Crippen LogP contribution >= 0.6 is 0 Å². The molecule has 7 heteroatoms. The Balaban J connectivity index is 3.36. The number of nitrogens with two attached hydrogens (primary N) is 1. The highest BCUT2D eigenvalue weighted by atomic mass is 16.4. The molecule has 0 heterocycles. The summed E-state index contributed by atoms with van der Waals surface area (Å²) >= 11 is 0. The molecule has 0 unspecified atom stereocenters. The molecule has 0 rings (SSSR count). The van der Waals surface area contributed by atoms with Gasteiger partial charge in [0.25, 0.3) is 0 Å². The van der Waals surface area contributed by atoms with Crippen LogP contribution in [0.25, 0.3) is 0 Å². The van der Waals surface area contributed by atoms with Crippen LogP contribution in [-0.4, -0.2) is 36.0 Å². The van der Waals surface area contributed by atoms with E-state index in [-0.39, 0.29) is 24.8 Å². The molecular formula is C7H14N4O3. The molecule has 80 valence electrons. The van der Waals surface area contributed by atoms with Gasteiger partial charge in [-0.1, -0.05) is 0 Å². The number of rotatable bonds is 6. The molecule has 0 saturated carbocycles. The van der Waals surface area contributed by atoms with Gasteiger partial charge in [0, 0.05) is 13.0 Å². The number of hydrogen-bond acceptors (Lipinski definition) is 3. The average Bonchev–Trinajstić information content (AvgIpc) is 2.08. The number of aliphatic carboxylic acids is 1. The molecule has 0 aliphatic rings. The average molecular weight is 202 g/mol. The molecule has 6 N–H and O–H groups in total. The van der Waals surface area contributed by atoms with Gasteiger partial charge in [-0.25, -0.2) is 0 Å². The van der Waals surface area contributed by atoms with Crippen LogP contribution in [0.4, 0.5) is 0 Å². The predicted molar refractivity (Wildman–Crippen MR) is 49.8 cm³/mol. The summed E-state index contributed by atoms with van der Waals surface area (Å²) in [6.07, 6.45) is 0.418. The van der Waals surface area contributed by atoms with Crippen LogP contribution in [0, 0.1) is 5.41 Å². The van der Waals surface area contributed by atoms with Gasteiger partial charge in [0.15, 0.2) is 5.96 Å². The van der Waals surface area contributed by atoms with Gasteiger partial charge in [-0.2, -0.15) is 0 Å². The van der Waals surface area contributed by atoms with Crippen LogP contribution in [0.1, 0.15) is 12.8 Å². The lowest BCUT2D eigenvalue weighted by Gasteiger charge is -2.04. The summed E-state index contributed by atoms with van der Waals surface area (Å²) in [5.74, 6) is -1.47. The van der Waals surface area contributed by atoms with Crippen molar-refractivity contribution in [1.29, 1.82) is 5.41 Å². The van der Waals surface area contributed by atoms with Crippen molar-refractivity contribution in [2.45, 2.75) is 12.8 Å². The second-order valence-corrected chi connectivity index (χ2v) is 2.61. The summed E-state index contributed by atoms with van der Waals surface area (Å²) < 4.78 is 0. The van der Waals surface area contributed by atoms with Crippen molar-refractivity contribution < 1.29 is 14.7 Å². The molecule has 0 atom stereocenters. The first-order valence-electron chi connectivity index (χ1n) is 4.08. The van der Waals surface area contributed by atoms with Gasteiger partial charge in [0.2, 0.25) is 5.91 Å². The lowest BCUT2D eigenvalue weighted by molar-refractivity contribution is -0.137. The van der Waals surface area contributed by atoms with Crippen molar-refractivity contribution in [1.82, 2.24) is 10.6 Å². The number of carboxylic acid groups (broad SMARTS) is 1. The first-order chi connectivity index (χ1) is 6.52. The lowest BCUT2D eigenvalue weighted by atomic mass is 10.3. The van der Waals surface area contributed by atoms with Gasteiger partial charge >= 0.3 is 5.97 Å². The molecule has 0 saturated heterocycles. The summed E-state index contributed by atoms with van der Waals surface area (Å²) in [5.41, 5.74) is 4.95. The van der Waals surface area contributed by atoms with Crippen molar-refractivity contribution in [3.05, 3.63) is 0 Å². The third-order valence-electron chi connectivity index (χ3n) is 1.33. The second kappa shape index (κ2) is 6.70. The first-order valence-corrected chi connectivity index (χ1v) is 4.08. The van der Waals surface area contributed by atoms with E-state index in [9.17, 15) is 9.59 Å². The van der Waals surface area contributed by atoms with Crippen LogP contribution in [0.3, 0.4) is 0 Å². The summed E-state index contributed by atoms with van der Waals surface area (Å²) in [6.45, 7) is 0.243. The summed E-state index contributed by atoms with van der Waals surface area (Å²) in [4.78, 5) is 21.0. The van der Waals surface area contributed by atoms with E-state index in [1.165, 1.54) is 0 Å². The van der Waals surface area contributed by atoms with E-state index < -0.39 is 5.97 Å². The van der Waals surface area contributed by atoms with Crippen molar-refractivity contribution in [2.24, 2.45) is 5.73 Å². The Bertz CT molecular complexity index is 229. The molecule has 0 aliphatic carbocycles. The molecule has 0 bridgehead atoms. The highest BCUT2D eigenvalue weighted by molar-refractivity contribution is 5.84. The number of carbonyl (C=O) groups is 2. The molecule has 1 amide bonds. The van der Waals surface area contributed by atoms with Crippen molar-refractivity contribution in [2.75, 3.05) is 13.1 Å². The van der Waals surface area contributed by atoms with Crippen LogP contribution in [0.5, 0.6) is 0 Å². The summed E-state index contributed by atoms with van der Waals surface area (Å²) in [5, 5.41) is 19.9. The Labute approximate surface area is 81.2 Å². The zero-order valence-corrected chi connectivity index (χ0v) is 7.67. The Hall–Kier alpha value is -1.79. The van der Waals surface area contributed by atoms with E-state index in [0.29, 0.717) is 13.0 Å². The largest absolute Gasteiger partial charge is 0.481 e. The number of carboxylic acids is 1. The fourth-order valence-corrected chi connectivity index (χ4v) is 0.705. The van der Waals surface area contributed by atoms with Gasteiger partial charge in [-0.15, -0.1) is 0 Å². The van der Waals surface area contributed by atoms with Crippen molar-refractivity contribution >= 4 is 17.8 Å². The molecule has 0 aromatic rings. The molecular weight excluding hydrogens is 188 g/mol. The SMILES string of the molecule is N=C(N)NCC(=O)NCCCC(=O)O. The fourth-order valence-electron chi connectivity index (χ4n) is 0.705. The standard InChI is InChI=1S/C7H14N4O3/c8-7(9)11-4-5(12)10-3-1-2-6(13)14/h1-4H2,(H,10,12)(H,13,14)(H4,8,9,11). The van der Waals surface area contributed by atoms with Crippen LogP contribution in [-0.2, 0) is 9.59 Å². The maximum Gasteiger partial charge on any atom is 0.303 e. The van der Waals surface area contributed by atoms with E-state index in [4.69, 9.17) is 16.2 Å². The van der Waals surface area contributed by atoms with Crippen molar-refractivity contribution in [3.63, 3.8) is 0 Å². The number of nitrogens with one attached hydrogen (secondary N) is 3. The van der Waals surface area contributed by atoms with E-state index in [0.717, 1.165) is 0 Å². The maximum atomic E-state index is 10.9. The minimum absolute atomic E-state index is 0.0282. The topological polar surface area (TPSA) is 128 Å². The van der Waals surface area contributed by atoms with Crippen LogP contribution < -0.4 is 16.4 Å². The summed E-state index contributed by atoms with van der Waals surface area (Å²) in [6, 6.07) is 0. The predicted octanol–water partition coefficient (Wildman–Crippen LogP) is -1.55. The van der Waals surface area contributed by atoms with Gasteiger partial charge < -0.3 is 21.5 Å². The van der Waals surface area contributed by atoms with E-state index in [1.54, 1.807) is 0 Å². The van der Waals surface area contributed by atoms with Crippen LogP contribution in [0.2, 0.25) is 0 Å². The lowest BCUT2D eigenvalue weighted by Crippen LogP contribution is -2.40. The van der Waals surface area contributed by atoms with E-state index in [2.05, 4.69) is 10.6 Å². The van der Waals surface area contributed by atoms with Crippen molar-refractivity contribution in [3.8, 4) is 0 Å². The third-order valence-corrected chi connectivity index (χ3v) is 1.33. The minimum atomic E-state index is -0.888. The fraction of sp³-hybridized carbons (Fsp3) is 0.571. The quantitative estimate of drug-likeness (QED) is 0.202. The highest BCUT2D eigenvalue weighted by Crippen LogP contribution is 1.85. The van der Waals surface area contributed by atoms with Crippen LogP contribution in [0.15, 0.2) is 0 Å². The van der Waals surface area contributed by atoms with Gasteiger partial charge in [0.1, 0.15) is 0 Å². The Morgan fingerprint density at radius 2 is 2.00 bits per heavy atom. The summed E-state index contributed by atoms with van der Waals surface area (Å²) in [7, 11) is 0. The molecule has 0 aromatic carbocycles. The number of carbonyl (C=O) groups excluding carboxylic acids is 1. The monoisotopic (exact) mass is 202 g/mol. The number of guanidine groups is 1. The zero-order valence-electron chi connectivity index (χ0n) is 7.67. The van der Waals surface area contributed by atoms with Gasteiger partial charge in [-0.05, 0) is 6.42 Å². The molecule has 0 radical (unpaired) electrons. The molecule has 0 aromatic heterocycles.